The summed E-state index contributed by atoms with van der Waals surface area (Å²) in [7, 11) is 1.73. The smallest absolute Gasteiger partial charge is 0.124 e. The second-order valence-corrected chi connectivity index (χ2v) is 6.29. The summed E-state index contributed by atoms with van der Waals surface area (Å²) in [6, 6.07) is 13.0. The van der Waals surface area contributed by atoms with Crippen LogP contribution in [0.1, 0.15) is 35.2 Å². The van der Waals surface area contributed by atoms with Gasteiger partial charge in [0.1, 0.15) is 5.75 Å². The number of benzene rings is 2. The molecule has 0 fully saturated rings. The summed E-state index contributed by atoms with van der Waals surface area (Å²) in [6.45, 7) is 7.32. The van der Waals surface area contributed by atoms with E-state index in [2.05, 4.69) is 85.1 Å². The first-order valence-corrected chi connectivity index (χ1v) is 8.29. The first kappa shape index (κ1) is 16.3. The third-order valence-corrected chi connectivity index (χ3v) is 5.11. The Bertz CT molecular complexity index is 625. The third-order valence-electron chi connectivity index (χ3n) is 3.64. The summed E-state index contributed by atoms with van der Waals surface area (Å²) in [4.78, 5) is 0. The van der Waals surface area contributed by atoms with Crippen molar-refractivity contribution in [2.45, 2.75) is 26.8 Å². The SMILES string of the molecule is CCNC(c1cc(C)ccc1OC)c1cccc(C)c1I. The van der Waals surface area contributed by atoms with Gasteiger partial charge in [0.25, 0.3) is 0 Å². The number of rotatable bonds is 5. The number of halogens is 1. The maximum atomic E-state index is 5.58. The Morgan fingerprint density at radius 3 is 2.57 bits per heavy atom. The normalized spacial score (nSPS) is 12.2. The Morgan fingerprint density at radius 1 is 1.14 bits per heavy atom. The van der Waals surface area contributed by atoms with E-state index < -0.39 is 0 Å². The molecule has 0 heterocycles. The molecule has 2 aromatic carbocycles. The van der Waals surface area contributed by atoms with Crippen LogP contribution in [0.5, 0.6) is 5.75 Å². The molecule has 0 spiro atoms. The molecule has 0 aliphatic carbocycles. The van der Waals surface area contributed by atoms with Crippen LogP contribution in [-0.2, 0) is 0 Å². The zero-order chi connectivity index (χ0) is 15.4. The molecule has 0 radical (unpaired) electrons. The molecule has 0 aromatic heterocycles. The van der Waals surface area contributed by atoms with Gasteiger partial charge in [-0.25, -0.2) is 0 Å². The van der Waals surface area contributed by atoms with Crippen molar-refractivity contribution in [2.75, 3.05) is 13.7 Å². The molecule has 2 aromatic rings. The highest BCUT2D eigenvalue weighted by Gasteiger charge is 2.20. The van der Waals surface area contributed by atoms with E-state index in [9.17, 15) is 0 Å². The van der Waals surface area contributed by atoms with Crippen LogP contribution in [0.4, 0.5) is 0 Å². The number of hydrogen-bond acceptors (Lipinski definition) is 2. The molecule has 0 aliphatic heterocycles. The van der Waals surface area contributed by atoms with E-state index in [4.69, 9.17) is 4.74 Å². The summed E-state index contributed by atoms with van der Waals surface area (Å²) in [5.74, 6) is 0.934. The predicted octanol–water partition coefficient (Wildman–Crippen LogP) is 4.62. The fourth-order valence-electron chi connectivity index (χ4n) is 2.56. The van der Waals surface area contributed by atoms with Gasteiger partial charge in [-0.2, -0.15) is 0 Å². The Kier molecular flexibility index (Phi) is 5.65. The molecular formula is C18H22INO. The van der Waals surface area contributed by atoms with Gasteiger partial charge in [-0.3, -0.25) is 0 Å². The van der Waals surface area contributed by atoms with Crippen LogP contribution in [0.15, 0.2) is 36.4 Å². The van der Waals surface area contributed by atoms with Gasteiger partial charge in [0, 0.05) is 9.13 Å². The first-order chi connectivity index (χ1) is 10.1. The van der Waals surface area contributed by atoms with Crippen LogP contribution < -0.4 is 10.1 Å². The van der Waals surface area contributed by atoms with Crippen LogP contribution in [0.2, 0.25) is 0 Å². The molecule has 3 heteroatoms. The highest BCUT2D eigenvalue weighted by atomic mass is 127. The molecule has 0 aliphatic rings. The average molecular weight is 395 g/mol. The second-order valence-electron chi connectivity index (χ2n) is 5.21. The molecule has 1 unspecified atom stereocenters. The van der Waals surface area contributed by atoms with Gasteiger partial charge in [-0.15, -0.1) is 0 Å². The summed E-state index contributed by atoms with van der Waals surface area (Å²) >= 11 is 2.44. The van der Waals surface area contributed by atoms with E-state index in [-0.39, 0.29) is 6.04 Å². The topological polar surface area (TPSA) is 21.3 Å². The molecule has 0 bridgehead atoms. The Morgan fingerprint density at radius 2 is 1.90 bits per heavy atom. The lowest BCUT2D eigenvalue weighted by Crippen LogP contribution is -2.23. The van der Waals surface area contributed by atoms with E-state index in [1.165, 1.54) is 25.8 Å². The standard InChI is InChI=1S/C18H22INO/c1-5-20-18(14-8-6-7-13(3)17(14)19)15-11-12(2)9-10-16(15)21-4/h6-11,18,20H,5H2,1-4H3. The molecule has 2 nitrogen and oxygen atoms in total. The van der Waals surface area contributed by atoms with Crippen molar-refractivity contribution in [1.82, 2.24) is 5.32 Å². The minimum atomic E-state index is 0.150. The lowest BCUT2D eigenvalue weighted by atomic mass is 9.95. The molecule has 1 N–H and O–H groups in total. The largest absolute Gasteiger partial charge is 0.496 e. The second kappa shape index (κ2) is 7.27. The Hall–Kier alpha value is -1.07. The predicted molar refractivity (Wildman–Crippen MR) is 97.1 cm³/mol. The van der Waals surface area contributed by atoms with Crippen molar-refractivity contribution in [1.29, 1.82) is 0 Å². The van der Waals surface area contributed by atoms with E-state index in [0.29, 0.717) is 0 Å². The van der Waals surface area contributed by atoms with Gasteiger partial charge in [0.05, 0.1) is 13.2 Å². The van der Waals surface area contributed by atoms with Crippen LogP contribution in [0, 0.1) is 17.4 Å². The highest BCUT2D eigenvalue weighted by molar-refractivity contribution is 14.1. The number of methoxy groups -OCH3 is 1. The van der Waals surface area contributed by atoms with Gasteiger partial charge in [0.15, 0.2) is 0 Å². The molecule has 112 valence electrons. The highest BCUT2D eigenvalue weighted by Crippen LogP contribution is 2.33. The number of hydrogen-bond donors (Lipinski definition) is 1. The minimum absolute atomic E-state index is 0.150. The zero-order valence-electron chi connectivity index (χ0n) is 13.0. The minimum Gasteiger partial charge on any atom is -0.496 e. The molecule has 0 saturated heterocycles. The van der Waals surface area contributed by atoms with E-state index in [1.807, 2.05) is 0 Å². The quantitative estimate of drug-likeness (QED) is 0.747. The summed E-state index contributed by atoms with van der Waals surface area (Å²) in [6.07, 6.45) is 0. The molecule has 21 heavy (non-hydrogen) atoms. The third kappa shape index (κ3) is 3.58. The molecular weight excluding hydrogens is 373 g/mol. The van der Waals surface area contributed by atoms with Crippen LogP contribution >= 0.6 is 22.6 Å². The fraction of sp³-hybridized carbons (Fsp3) is 0.333. The van der Waals surface area contributed by atoms with Crippen molar-refractivity contribution in [3.05, 3.63) is 62.2 Å². The molecule has 0 saturated carbocycles. The summed E-state index contributed by atoms with van der Waals surface area (Å²) in [5, 5.41) is 3.60. The average Bonchev–Trinajstić information content (AvgIpc) is 2.48. The zero-order valence-corrected chi connectivity index (χ0v) is 15.2. The summed E-state index contributed by atoms with van der Waals surface area (Å²) < 4.78 is 6.89. The lowest BCUT2D eigenvalue weighted by molar-refractivity contribution is 0.404. The molecule has 1 atom stereocenters. The van der Waals surface area contributed by atoms with Crippen molar-refractivity contribution < 1.29 is 4.74 Å². The Balaban J connectivity index is 2.58. The van der Waals surface area contributed by atoms with E-state index in [1.54, 1.807) is 7.11 Å². The van der Waals surface area contributed by atoms with Crippen molar-refractivity contribution >= 4 is 22.6 Å². The maximum Gasteiger partial charge on any atom is 0.124 e. The lowest BCUT2D eigenvalue weighted by Gasteiger charge is -2.23. The van der Waals surface area contributed by atoms with Crippen LogP contribution in [0.25, 0.3) is 0 Å². The maximum absolute atomic E-state index is 5.58. The van der Waals surface area contributed by atoms with Crippen LogP contribution in [0.3, 0.4) is 0 Å². The van der Waals surface area contributed by atoms with Crippen molar-refractivity contribution in [3.63, 3.8) is 0 Å². The van der Waals surface area contributed by atoms with Gasteiger partial charge >= 0.3 is 0 Å². The van der Waals surface area contributed by atoms with E-state index in [0.717, 1.165) is 12.3 Å². The van der Waals surface area contributed by atoms with Crippen LogP contribution in [-0.4, -0.2) is 13.7 Å². The molecule has 2 rings (SSSR count). The van der Waals surface area contributed by atoms with Crippen molar-refractivity contribution in [2.24, 2.45) is 0 Å². The van der Waals surface area contributed by atoms with Gasteiger partial charge in [-0.05, 0) is 60.2 Å². The summed E-state index contributed by atoms with van der Waals surface area (Å²) in [5.41, 5.74) is 5.06. The van der Waals surface area contributed by atoms with Crippen molar-refractivity contribution in [3.8, 4) is 5.75 Å². The first-order valence-electron chi connectivity index (χ1n) is 7.21. The van der Waals surface area contributed by atoms with Gasteiger partial charge in [0.2, 0.25) is 0 Å². The molecule has 0 amide bonds. The van der Waals surface area contributed by atoms with Gasteiger partial charge < -0.3 is 10.1 Å². The van der Waals surface area contributed by atoms with E-state index >= 15 is 0 Å². The number of nitrogens with one attached hydrogen (secondary N) is 1. The number of ether oxygens (including phenoxy) is 1. The van der Waals surface area contributed by atoms with Gasteiger partial charge in [-0.1, -0.05) is 42.8 Å². The number of aryl methyl sites for hydroxylation is 2. The Labute approximate surface area is 141 Å². The fourth-order valence-corrected chi connectivity index (χ4v) is 3.23. The monoisotopic (exact) mass is 395 g/mol.